The van der Waals surface area contributed by atoms with E-state index in [9.17, 15) is 4.79 Å². The van der Waals surface area contributed by atoms with Crippen LogP contribution in [0.25, 0.3) is 0 Å². The van der Waals surface area contributed by atoms with Gasteiger partial charge >= 0.3 is 5.97 Å². The third-order valence-corrected chi connectivity index (χ3v) is 3.49. The van der Waals surface area contributed by atoms with Gasteiger partial charge in [-0.3, -0.25) is 0 Å². The molecule has 0 radical (unpaired) electrons. The maximum Gasteiger partial charge on any atom is 0.339 e. The van der Waals surface area contributed by atoms with Gasteiger partial charge in [-0.1, -0.05) is 25.0 Å². The molecule has 0 aromatic heterocycles. The van der Waals surface area contributed by atoms with E-state index in [1.54, 1.807) is 12.1 Å². The van der Waals surface area contributed by atoms with Crippen molar-refractivity contribution in [2.24, 2.45) is 0 Å². The molecule has 0 saturated heterocycles. The standard InChI is InChI=1S/C14H18N2O2S/c1-18-13(17)11-8-4-5-9-12(11)16-14(19)15-10-6-2-3-7-10/h4-5,8-10H,2-3,6-7H2,1H3,(H2,15,16,19). The zero-order valence-electron chi connectivity index (χ0n) is 10.9. The summed E-state index contributed by atoms with van der Waals surface area (Å²) in [5, 5.41) is 6.91. The van der Waals surface area contributed by atoms with E-state index >= 15 is 0 Å². The number of hydrogen-bond acceptors (Lipinski definition) is 3. The van der Waals surface area contributed by atoms with Gasteiger partial charge in [-0.25, -0.2) is 4.79 Å². The molecule has 0 bridgehead atoms. The lowest BCUT2D eigenvalue weighted by Gasteiger charge is -2.17. The molecule has 2 N–H and O–H groups in total. The Morgan fingerprint density at radius 1 is 1.32 bits per heavy atom. The molecule has 1 aliphatic carbocycles. The average Bonchev–Trinajstić information content (AvgIpc) is 2.91. The molecule has 0 unspecified atom stereocenters. The number of thiocarbonyl (C=S) groups is 1. The Morgan fingerprint density at radius 2 is 2.00 bits per heavy atom. The highest BCUT2D eigenvalue weighted by Crippen LogP contribution is 2.19. The van der Waals surface area contributed by atoms with Crippen LogP contribution in [-0.2, 0) is 4.74 Å². The lowest BCUT2D eigenvalue weighted by molar-refractivity contribution is 0.0602. The van der Waals surface area contributed by atoms with Gasteiger partial charge in [0.2, 0.25) is 0 Å². The van der Waals surface area contributed by atoms with Gasteiger partial charge in [-0.15, -0.1) is 0 Å². The third kappa shape index (κ3) is 3.67. The monoisotopic (exact) mass is 278 g/mol. The smallest absolute Gasteiger partial charge is 0.339 e. The van der Waals surface area contributed by atoms with Gasteiger partial charge in [0.15, 0.2) is 5.11 Å². The van der Waals surface area contributed by atoms with E-state index in [1.165, 1.54) is 20.0 Å². The Morgan fingerprint density at radius 3 is 2.68 bits per heavy atom. The van der Waals surface area contributed by atoms with Crippen LogP contribution in [0, 0.1) is 0 Å². The highest BCUT2D eigenvalue weighted by molar-refractivity contribution is 7.80. The number of carbonyl (C=O) groups is 1. The van der Waals surface area contributed by atoms with E-state index in [4.69, 9.17) is 17.0 Å². The second-order valence-electron chi connectivity index (χ2n) is 4.62. The average molecular weight is 278 g/mol. The van der Waals surface area contributed by atoms with Crippen LogP contribution in [-0.4, -0.2) is 24.2 Å². The molecule has 0 atom stereocenters. The molecule has 0 spiro atoms. The number of nitrogens with one attached hydrogen (secondary N) is 2. The zero-order chi connectivity index (χ0) is 13.7. The van der Waals surface area contributed by atoms with Gasteiger partial charge in [0.25, 0.3) is 0 Å². The SMILES string of the molecule is COC(=O)c1ccccc1NC(=S)NC1CCCC1. The molecular formula is C14H18N2O2S. The van der Waals surface area contributed by atoms with E-state index in [0.717, 1.165) is 12.8 Å². The van der Waals surface area contributed by atoms with Gasteiger partial charge in [0, 0.05) is 6.04 Å². The van der Waals surface area contributed by atoms with Gasteiger partial charge in [0.05, 0.1) is 18.4 Å². The van der Waals surface area contributed by atoms with Gasteiger partial charge in [-0.2, -0.15) is 0 Å². The summed E-state index contributed by atoms with van der Waals surface area (Å²) in [5.74, 6) is -0.369. The Labute approximate surface area is 118 Å². The molecule has 0 amide bonds. The van der Waals surface area contributed by atoms with Gasteiger partial charge in [-0.05, 0) is 37.2 Å². The highest BCUT2D eigenvalue weighted by atomic mass is 32.1. The molecule has 1 aromatic rings. The van der Waals surface area contributed by atoms with Crippen LogP contribution in [0.3, 0.4) is 0 Å². The Balaban J connectivity index is 2.01. The number of anilines is 1. The summed E-state index contributed by atoms with van der Waals surface area (Å²) in [5.41, 5.74) is 1.16. The van der Waals surface area contributed by atoms with Crippen LogP contribution >= 0.6 is 12.2 Å². The summed E-state index contributed by atoms with van der Waals surface area (Å²) in [7, 11) is 1.37. The van der Waals surface area contributed by atoms with Crippen molar-refractivity contribution in [1.29, 1.82) is 0 Å². The van der Waals surface area contributed by atoms with E-state index in [-0.39, 0.29) is 5.97 Å². The van der Waals surface area contributed by atoms with Crippen molar-refractivity contribution in [2.45, 2.75) is 31.7 Å². The second-order valence-corrected chi connectivity index (χ2v) is 5.03. The number of carbonyl (C=O) groups excluding carboxylic acids is 1. The topological polar surface area (TPSA) is 50.4 Å². The molecule has 2 rings (SSSR count). The number of hydrogen-bond donors (Lipinski definition) is 2. The minimum absolute atomic E-state index is 0.369. The van der Waals surface area contributed by atoms with Crippen molar-refractivity contribution in [1.82, 2.24) is 5.32 Å². The largest absolute Gasteiger partial charge is 0.465 e. The fourth-order valence-corrected chi connectivity index (χ4v) is 2.57. The van der Waals surface area contributed by atoms with E-state index in [1.807, 2.05) is 12.1 Å². The van der Waals surface area contributed by atoms with Crippen LogP contribution in [0.2, 0.25) is 0 Å². The molecule has 0 aliphatic heterocycles. The molecule has 102 valence electrons. The number of methoxy groups -OCH3 is 1. The first-order valence-corrected chi connectivity index (χ1v) is 6.86. The molecule has 1 saturated carbocycles. The highest BCUT2D eigenvalue weighted by Gasteiger charge is 2.17. The summed E-state index contributed by atoms with van der Waals surface area (Å²) in [6.07, 6.45) is 4.80. The second kappa shape index (κ2) is 6.52. The molecule has 1 aliphatic rings. The summed E-state index contributed by atoms with van der Waals surface area (Å²) in [6.45, 7) is 0. The molecule has 0 heterocycles. The van der Waals surface area contributed by atoms with E-state index in [2.05, 4.69) is 10.6 Å². The van der Waals surface area contributed by atoms with Crippen LogP contribution in [0.15, 0.2) is 24.3 Å². The number of benzene rings is 1. The molecule has 19 heavy (non-hydrogen) atoms. The van der Waals surface area contributed by atoms with Crippen LogP contribution in [0.1, 0.15) is 36.0 Å². The molecule has 5 heteroatoms. The van der Waals surface area contributed by atoms with E-state index < -0.39 is 0 Å². The third-order valence-electron chi connectivity index (χ3n) is 3.27. The minimum Gasteiger partial charge on any atom is -0.465 e. The maximum absolute atomic E-state index is 11.6. The van der Waals surface area contributed by atoms with Crippen molar-refractivity contribution in [3.8, 4) is 0 Å². The maximum atomic E-state index is 11.6. The fraction of sp³-hybridized carbons (Fsp3) is 0.429. The van der Waals surface area contributed by atoms with Crippen molar-refractivity contribution in [2.75, 3.05) is 12.4 Å². The molecule has 1 aromatic carbocycles. The Hall–Kier alpha value is -1.62. The number of esters is 1. The quantitative estimate of drug-likeness (QED) is 0.657. The van der Waals surface area contributed by atoms with Crippen molar-refractivity contribution in [3.63, 3.8) is 0 Å². The van der Waals surface area contributed by atoms with Gasteiger partial charge < -0.3 is 15.4 Å². The summed E-state index contributed by atoms with van der Waals surface area (Å²) < 4.78 is 4.75. The Bertz CT molecular complexity index is 470. The van der Waals surface area contributed by atoms with Crippen LogP contribution < -0.4 is 10.6 Å². The first kappa shape index (κ1) is 13.8. The first-order chi connectivity index (χ1) is 9.20. The number of ether oxygens (including phenoxy) is 1. The molecular weight excluding hydrogens is 260 g/mol. The van der Waals surface area contributed by atoms with Crippen molar-refractivity contribution in [3.05, 3.63) is 29.8 Å². The minimum atomic E-state index is -0.369. The predicted molar refractivity (Wildman–Crippen MR) is 79.4 cm³/mol. The lowest BCUT2D eigenvalue weighted by atomic mass is 10.2. The lowest BCUT2D eigenvalue weighted by Crippen LogP contribution is -2.36. The molecule has 4 nitrogen and oxygen atoms in total. The first-order valence-electron chi connectivity index (χ1n) is 6.45. The molecule has 1 fully saturated rings. The normalized spacial score (nSPS) is 15.0. The van der Waals surface area contributed by atoms with Crippen LogP contribution in [0.5, 0.6) is 0 Å². The summed E-state index contributed by atoms with van der Waals surface area (Å²) >= 11 is 5.28. The van der Waals surface area contributed by atoms with Crippen LogP contribution in [0.4, 0.5) is 5.69 Å². The number of rotatable bonds is 3. The summed E-state index contributed by atoms with van der Waals surface area (Å²) in [4.78, 5) is 11.6. The van der Waals surface area contributed by atoms with Crippen molar-refractivity contribution >= 4 is 29.0 Å². The van der Waals surface area contributed by atoms with Crippen molar-refractivity contribution < 1.29 is 9.53 Å². The summed E-state index contributed by atoms with van der Waals surface area (Å²) in [6, 6.07) is 7.63. The Kier molecular flexibility index (Phi) is 4.74. The predicted octanol–water partition coefficient (Wildman–Crippen LogP) is 2.70. The fourth-order valence-electron chi connectivity index (χ4n) is 2.29. The van der Waals surface area contributed by atoms with Gasteiger partial charge in [0.1, 0.15) is 0 Å². The van der Waals surface area contributed by atoms with E-state index in [0.29, 0.717) is 22.4 Å². The zero-order valence-corrected chi connectivity index (χ0v) is 11.8. The number of para-hydroxylation sites is 1.